The minimum absolute atomic E-state index is 0.0838. The summed E-state index contributed by atoms with van der Waals surface area (Å²) in [5, 5.41) is 15.8. The van der Waals surface area contributed by atoms with Gasteiger partial charge in [0.25, 0.3) is 0 Å². The van der Waals surface area contributed by atoms with Crippen molar-refractivity contribution < 1.29 is 9.84 Å². The molecule has 2 aromatic heterocycles. The van der Waals surface area contributed by atoms with Crippen LogP contribution in [-0.4, -0.2) is 26.9 Å². The van der Waals surface area contributed by atoms with Gasteiger partial charge >= 0.3 is 0 Å². The van der Waals surface area contributed by atoms with Gasteiger partial charge < -0.3 is 24.6 Å². The van der Waals surface area contributed by atoms with Crippen LogP contribution in [0.25, 0.3) is 5.69 Å². The Balaban J connectivity index is 1.73. The number of aryl methyl sites for hydroxylation is 1. The van der Waals surface area contributed by atoms with Crippen molar-refractivity contribution in [3.63, 3.8) is 0 Å². The third-order valence-corrected chi connectivity index (χ3v) is 7.25. The molecule has 2 N–H and O–H groups in total. The quantitative estimate of drug-likeness (QED) is 0.276. The number of nitrogens with zero attached hydrogens (tertiary/aromatic N) is 3. The molecule has 6 nitrogen and oxygen atoms in total. The molecule has 1 saturated heterocycles. The lowest BCUT2D eigenvalue weighted by Gasteiger charge is -2.29. The number of methoxy groups -OCH3 is 1. The molecule has 4 aromatic rings. The number of halogens is 2. The maximum absolute atomic E-state index is 10.8. The Morgan fingerprint density at radius 1 is 1.00 bits per heavy atom. The van der Waals surface area contributed by atoms with Crippen molar-refractivity contribution in [1.29, 1.82) is 0 Å². The second kappa shape index (κ2) is 9.65. The van der Waals surface area contributed by atoms with Gasteiger partial charge in [0.05, 0.1) is 36.3 Å². The highest BCUT2D eigenvalue weighted by atomic mass is 35.5. The molecule has 0 bridgehead atoms. The van der Waals surface area contributed by atoms with Crippen LogP contribution in [0.3, 0.4) is 0 Å². The fraction of sp³-hybridized carbons (Fsp3) is 0.185. The van der Waals surface area contributed by atoms with Crippen molar-refractivity contribution in [2.75, 3.05) is 12.0 Å². The number of pyridine rings is 1. The lowest BCUT2D eigenvalue weighted by molar-refractivity contribution is 0.412. The number of benzene rings is 2. The summed E-state index contributed by atoms with van der Waals surface area (Å²) in [6.07, 6.45) is 1.76. The molecule has 0 amide bonds. The van der Waals surface area contributed by atoms with Crippen LogP contribution in [0.5, 0.6) is 11.5 Å². The van der Waals surface area contributed by atoms with Gasteiger partial charge in [0.1, 0.15) is 11.5 Å². The van der Waals surface area contributed by atoms with Crippen LogP contribution in [-0.2, 0) is 0 Å². The van der Waals surface area contributed by atoms with Gasteiger partial charge in [-0.3, -0.25) is 4.98 Å². The van der Waals surface area contributed by atoms with Gasteiger partial charge in [-0.2, -0.15) is 0 Å². The van der Waals surface area contributed by atoms with E-state index >= 15 is 0 Å². The summed E-state index contributed by atoms with van der Waals surface area (Å²) in [6, 6.07) is 17.8. The van der Waals surface area contributed by atoms with Crippen LogP contribution in [0, 0.1) is 13.8 Å². The highest BCUT2D eigenvalue weighted by Gasteiger charge is 2.43. The number of aromatic nitrogens is 2. The minimum Gasteiger partial charge on any atom is -0.506 e. The number of ether oxygens (including phenoxy) is 1. The first-order chi connectivity index (χ1) is 17.3. The van der Waals surface area contributed by atoms with Crippen molar-refractivity contribution in [2.45, 2.75) is 25.9 Å². The molecule has 1 fully saturated rings. The molecule has 0 radical (unpaired) electrons. The molecular weight excluding hydrogens is 515 g/mol. The molecule has 1 aliphatic rings. The Hall–Kier alpha value is -3.26. The number of nitrogens with one attached hydrogen (secondary N) is 1. The molecule has 2 aromatic carbocycles. The summed E-state index contributed by atoms with van der Waals surface area (Å²) in [5.74, 6) is 0.791. The zero-order valence-electron chi connectivity index (χ0n) is 19.9. The average Bonchev–Trinajstić information content (AvgIpc) is 3.36. The SMILES string of the molecule is COc1ccc(Cl)cc1-n1c(C)cc([C@H]2[C@H](c3ccccn3)NC(=S)N2c2cc(Cl)ccc2O)c1C. The number of rotatable bonds is 5. The Morgan fingerprint density at radius 3 is 2.42 bits per heavy atom. The lowest BCUT2D eigenvalue weighted by Crippen LogP contribution is -2.29. The van der Waals surface area contributed by atoms with Crippen LogP contribution < -0.4 is 15.0 Å². The standard InChI is InChI=1S/C27H24Cl2N4O2S/c1-15-12-19(16(2)32(15)22-14-18(29)8-10-24(22)35-3)26-25(20-6-4-5-11-30-20)31-27(36)33(26)21-13-17(28)7-9-23(21)34/h4-14,25-26,34H,1-3H3,(H,31,36)/t25-,26-/m0/s1. The zero-order valence-corrected chi connectivity index (χ0v) is 22.2. The summed E-state index contributed by atoms with van der Waals surface area (Å²) < 4.78 is 7.76. The monoisotopic (exact) mass is 538 g/mol. The van der Waals surface area contributed by atoms with Gasteiger partial charge in [0.15, 0.2) is 5.11 Å². The molecule has 0 unspecified atom stereocenters. The van der Waals surface area contributed by atoms with Gasteiger partial charge in [0.2, 0.25) is 0 Å². The highest BCUT2D eigenvalue weighted by molar-refractivity contribution is 7.80. The molecule has 9 heteroatoms. The number of phenolic OH excluding ortho intramolecular Hbond substituents is 1. The summed E-state index contributed by atoms with van der Waals surface area (Å²) in [7, 11) is 1.64. The van der Waals surface area contributed by atoms with Crippen LogP contribution in [0.2, 0.25) is 10.0 Å². The Kier molecular flexibility index (Phi) is 6.55. The number of hydrogen-bond donors (Lipinski definition) is 2. The first-order valence-electron chi connectivity index (χ1n) is 11.3. The van der Waals surface area contributed by atoms with Crippen molar-refractivity contribution >= 4 is 46.2 Å². The van der Waals surface area contributed by atoms with E-state index in [0.29, 0.717) is 26.6 Å². The number of phenols is 1. The van der Waals surface area contributed by atoms with E-state index in [0.717, 1.165) is 28.3 Å². The molecule has 36 heavy (non-hydrogen) atoms. The van der Waals surface area contributed by atoms with E-state index in [2.05, 4.69) is 27.9 Å². The predicted octanol–water partition coefficient (Wildman–Crippen LogP) is 6.69. The first-order valence-corrected chi connectivity index (χ1v) is 12.5. The fourth-order valence-corrected chi connectivity index (χ4v) is 5.59. The van der Waals surface area contributed by atoms with Crippen LogP contribution in [0.4, 0.5) is 5.69 Å². The molecule has 0 spiro atoms. The number of aromatic hydroxyl groups is 1. The maximum Gasteiger partial charge on any atom is 0.174 e. The first kappa shape index (κ1) is 24.4. The smallest absolute Gasteiger partial charge is 0.174 e. The Bertz CT molecular complexity index is 1460. The van der Waals surface area contributed by atoms with E-state index in [1.54, 1.807) is 37.6 Å². The minimum atomic E-state index is -0.318. The van der Waals surface area contributed by atoms with Gasteiger partial charge in [-0.15, -0.1) is 0 Å². The second-order valence-corrected chi connectivity index (χ2v) is 9.87. The normalized spacial score (nSPS) is 17.4. The van der Waals surface area contributed by atoms with E-state index in [4.69, 9.17) is 40.2 Å². The third kappa shape index (κ3) is 4.17. The number of thiocarbonyl (C=S) groups is 1. The number of hydrogen-bond acceptors (Lipinski definition) is 4. The Morgan fingerprint density at radius 2 is 1.72 bits per heavy atom. The van der Waals surface area contributed by atoms with Gasteiger partial charge in [-0.25, -0.2) is 0 Å². The molecule has 184 valence electrons. The number of anilines is 1. The van der Waals surface area contributed by atoms with Crippen LogP contribution >= 0.6 is 35.4 Å². The molecule has 5 rings (SSSR count). The summed E-state index contributed by atoms with van der Waals surface area (Å²) >= 11 is 18.5. The van der Waals surface area contributed by atoms with E-state index in [-0.39, 0.29) is 17.8 Å². The molecule has 2 atom stereocenters. The fourth-order valence-electron chi connectivity index (χ4n) is 4.92. The van der Waals surface area contributed by atoms with Gasteiger partial charge in [-0.05, 0) is 86.2 Å². The van der Waals surface area contributed by atoms with Gasteiger partial charge in [0, 0.05) is 27.6 Å². The predicted molar refractivity (Wildman–Crippen MR) is 148 cm³/mol. The summed E-state index contributed by atoms with van der Waals surface area (Å²) in [6.45, 7) is 4.09. The van der Waals surface area contributed by atoms with Crippen molar-refractivity contribution in [3.05, 3.63) is 99.6 Å². The highest BCUT2D eigenvalue weighted by Crippen LogP contribution is 2.46. The Labute approximate surface area is 225 Å². The molecule has 1 aliphatic heterocycles. The molecule has 0 aliphatic carbocycles. The van der Waals surface area contributed by atoms with E-state index in [9.17, 15) is 5.11 Å². The van der Waals surface area contributed by atoms with Crippen LogP contribution in [0.15, 0.2) is 66.9 Å². The van der Waals surface area contributed by atoms with Gasteiger partial charge in [-0.1, -0.05) is 29.3 Å². The van der Waals surface area contributed by atoms with Crippen LogP contribution in [0.1, 0.15) is 34.7 Å². The second-order valence-electron chi connectivity index (χ2n) is 8.61. The summed E-state index contributed by atoms with van der Waals surface area (Å²) in [5.41, 5.74) is 5.18. The molecule has 3 heterocycles. The third-order valence-electron chi connectivity index (χ3n) is 6.47. The van der Waals surface area contributed by atoms with E-state index in [1.807, 2.05) is 42.2 Å². The largest absolute Gasteiger partial charge is 0.506 e. The zero-order chi connectivity index (χ0) is 25.6. The van der Waals surface area contributed by atoms with Crippen molar-refractivity contribution in [1.82, 2.24) is 14.9 Å². The van der Waals surface area contributed by atoms with E-state index in [1.165, 1.54) is 0 Å². The average molecular weight is 539 g/mol. The van der Waals surface area contributed by atoms with Crippen molar-refractivity contribution in [3.8, 4) is 17.2 Å². The molecular formula is C27H24Cl2N4O2S. The maximum atomic E-state index is 10.8. The topological polar surface area (TPSA) is 62.5 Å². The summed E-state index contributed by atoms with van der Waals surface area (Å²) in [4.78, 5) is 6.53. The van der Waals surface area contributed by atoms with Crippen molar-refractivity contribution in [2.24, 2.45) is 0 Å². The molecule has 0 saturated carbocycles. The lowest BCUT2D eigenvalue weighted by atomic mass is 9.96. The van der Waals surface area contributed by atoms with E-state index < -0.39 is 0 Å².